The second-order valence-electron chi connectivity index (χ2n) is 9.04. The Labute approximate surface area is 201 Å². The zero-order chi connectivity index (χ0) is 24.4. The van der Waals surface area contributed by atoms with E-state index in [2.05, 4.69) is 5.32 Å². The number of benzene rings is 1. The Morgan fingerprint density at radius 2 is 1.88 bits per heavy atom. The van der Waals surface area contributed by atoms with Crippen LogP contribution in [0.1, 0.15) is 27.7 Å². The summed E-state index contributed by atoms with van der Waals surface area (Å²) in [4.78, 5) is 50.0. The van der Waals surface area contributed by atoms with Gasteiger partial charge in [-0.15, -0.1) is 23.4 Å². The molecule has 3 rings (SSSR count). The first-order valence-corrected chi connectivity index (χ1v) is 11.8. The molecule has 2 fully saturated rings. The Kier molecular flexibility index (Phi) is 7.48. The van der Waals surface area contributed by atoms with E-state index in [4.69, 9.17) is 25.8 Å². The van der Waals surface area contributed by atoms with E-state index in [1.165, 1.54) is 16.7 Å². The molecule has 1 N–H and O–H groups in total. The van der Waals surface area contributed by atoms with Crippen molar-refractivity contribution >= 4 is 47.1 Å². The van der Waals surface area contributed by atoms with Crippen LogP contribution < -0.4 is 10.1 Å². The van der Waals surface area contributed by atoms with Gasteiger partial charge >= 0.3 is 11.9 Å². The predicted molar refractivity (Wildman–Crippen MR) is 122 cm³/mol. The van der Waals surface area contributed by atoms with Crippen LogP contribution in [0.15, 0.2) is 30.3 Å². The van der Waals surface area contributed by atoms with E-state index in [9.17, 15) is 19.2 Å². The highest BCUT2D eigenvalue weighted by molar-refractivity contribution is 8.00. The third-order valence-corrected chi connectivity index (χ3v) is 7.23. The summed E-state index contributed by atoms with van der Waals surface area (Å²) < 4.78 is 15.5. The molecule has 0 saturated carbocycles. The predicted octanol–water partition coefficient (Wildman–Crippen LogP) is 1.92. The van der Waals surface area contributed by atoms with Crippen molar-refractivity contribution in [2.45, 2.75) is 50.0 Å². The molecule has 4 atom stereocenters. The van der Waals surface area contributed by atoms with E-state index in [-0.39, 0.29) is 6.61 Å². The Balaban J connectivity index is 1.57. The van der Waals surface area contributed by atoms with Crippen molar-refractivity contribution < 1.29 is 33.4 Å². The van der Waals surface area contributed by atoms with E-state index in [1.807, 2.05) is 6.07 Å². The number of carbonyl (C=O) groups is 4. The van der Waals surface area contributed by atoms with Crippen LogP contribution in [0.5, 0.6) is 5.75 Å². The maximum absolute atomic E-state index is 12.8. The number of hydrogen-bond donors (Lipinski definition) is 1. The highest BCUT2D eigenvalue weighted by Crippen LogP contribution is 2.45. The first kappa shape index (κ1) is 25.2. The van der Waals surface area contributed by atoms with E-state index in [1.54, 1.807) is 52.0 Å². The summed E-state index contributed by atoms with van der Waals surface area (Å²) in [5.41, 5.74) is -0.747. The molecule has 0 bridgehead atoms. The summed E-state index contributed by atoms with van der Waals surface area (Å²) in [6.45, 7) is 5.84. The monoisotopic (exact) mass is 498 g/mol. The van der Waals surface area contributed by atoms with Gasteiger partial charge in [-0.1, -0.05) is 18.2 Å². The first-order chi connectivity index (χ1) is 15.4. The van der Waals surface area contributed by atoms with Crippen LogP contribution in [0.25, 0.3) is 0 Å². The van der Waals surface area contributed by atoms with Gasteiger partial charge < -0.3 is 24.4 Å². The van der Waals surface area contributed by atoms with Crippen LogP contribution in [0.2, 0.25) is 0 Å². The summed E-state index contributed by atoms with van der Waals surface area (Å²) in [6.07, 6.45) is 0. The Bertz CT molecular complexity index is 919. The molecule has 1 aromatic carbocycles. The van der Waals surface area contributed by atoms with Crippen LogP contribution >= 0.6 is 23.4 Å². The Morgan fingerprint density at radius 1 is 1.21 bits per heavy atom. The van der Waals surface area contributed by atoms with Gasteiger partial charge in [0.05, 0.1) is 10.3 Å². The number of ether oxygens (including phenoxy) is 3. The molecule has 0 radical (unpaired) electrons. The summed E-state index contributed by atoms with van der Waals surface area (Å²) in [5.74, 6) is -1.32. The molecule has 2 aliphatic heterocycles. The number of hydrogen-bond acceptors (Lipinski definition) is 8. The Hall–Kier alpha value is -2.46. The highest BCUT2D eigenvalue weighted by atomic mass is 35.5. The standard InChI is InChI=1S/C22H27ClN2O7S/c1-21(2,3)20(29)32-12-31-19(28)16-22(4,23)11-33-18-15(17(27)25(16)18)24-14(26)10-30-13-8-6-5-7-9-13/h5-9,15-16,18H,10-12H2,1-4H3,(H,24,26)/t15-,16+,18-,22-/m1/s1. The molecule has 11 heteroatoms. The van der Waals surface area contributed by atoms with E-state index in [0.29, 0.717) is 11.5 Å². The molecule has 180 valence electrons. The number of fused-ring (bicyclic) bond motifs is 1. The van der Waals surface area contributed by atoms with Crippen molar-refractivity contribution in [2.24, 2.45) is 5.41 Å². The van der Waals surface area contributed by atoms with E-state index < -0.39 is 58.3 Å². The number of carbonyl (C=O) groups excluding carboxylic acids is 4. The van der Waals surface area contributed by atoms with Crippen LogP contribution in [0, 0.1) is 5.41 Å². The van der Waals surface area contributed by atoms with Crippen molar-refractivity contribution in [1.29, 1.82) is 0 Å². The molecular weight excluding hydrogens is 472 g/mol. The van der Waals surface area contributed by atoms with Gasteiger partial charge in [-0.25, -0.2) is 4.79 Å². The summed E-state index contributed by atoms with van der Waals surface area (Å²) in [5, 5.41) is 2.18. The second-order valence-corrected chi connectivity index (χ2v) is 11.0. The quantitative estimate of drug-likeness (QED) is 0.263. The lowest BCUT2D eigenvalue weighted by molar-refractivity contribution is -0.181. The fourth-order valence-corrected chi connectivity index (χ4v) is 5.16. The third kappa shape index (κ3) is 5.73. The molecule has 2 aliphatic rings. The lowest BCUT2D eigenvalue weighted by atomic mass is 9.94. The number of esters is 2. The molecule has 0 aliphatic carbocycles. The molecule has 2 saturated heterocycles. The normalized spacial score (nSPS) is 26.5. The number of alkyl halides is 1. The van der Waals surface area contributed by atoms with Gasteiger partial charge in [-0.3, -0.25) is 14.4 Å². The molecule has 9 nitrogen and oxygen atoms in total. The van der Waals surface area contributed by atoms with Crippen LogP contribution in [0.4, 0.5) is 0 Å². The minimum absolute atomic E-state index is 0.247. The van der Waals surface area contributed by atoms with Gasteiger partial charge in [-0.05, 0) is 39.8 Å². The molecule has 33 heavy (non-hydrogen) atoms. The number of rotatable bonds is 7. The molecule has 0 spiro atoms. The minimum atomic E-state index is -1.09. The number of para-hydroxylation sites is 1. The highest BCUT2D eigenvalue weighted by Gasteiger charge is 2.61. The largest absolute Gasteiger partial charge is 0.484 e. The summed E-state index contributed by atoms with van der Waals surface area (Å²) in [6, 6.07) is 6.95. The number of β-lactam (4-membered cyclic amide) rings is 1. The van der Waals surface area contributed by atoms with Gasteiger partial charge in [0.1, 0.15) is 17.2 Å². The molecule has 2 amide bonds. The smallest absolute Gasteiger partial charge is 0.333 e. The second kappa shape index (κ2) is 9.80. The Morgan fingerprint density at radius 3 is 2.52 bits per heavy atom. The van der Waals surface area contributed by atoms with Gasteiger partial charge in [0, 0.05) is 5.75 Å². The zero-order valence-corrected chi connectivity index (χ0v) is 20.4. The van der Waals surface area contributed by atoms with Gasteiger partial charge in [0.2, 0.25) is 12.7 Å². The minimum Gasteiger partial charge on any atom is -0.484 e. The average Bonchev–Trinajstić information content (AvgIpc) is 2.75. The lowest BCUT2D eigenvalue weighted by Crippen LogP contribution is -2.78. The molecule has 0 aromatic heterocycles. The van der Waals surface area contributed by atoms with Crippen molar-refractivity contribution in [3.8, 4) is 5.75 Å². The van der Waals surface area contributed by atoms with Crippen LogP contribution in [-0.4, -0.2) is 70.1 Å². The number of halogens is 1. The van der Waals surface area contributed by atoms with Crippen molar-refractivity contribution in [1.82, 2.24) is 10.2 Å². The number of amides is 2. The van der Waals surface area contributed by atoms with E-state index >= 15 is 0 Å². The number of thioether (sulfide) groups is 1. The molecular formula is C22H27ClN2O7S. The number of nitrogens with one attached hydrogen (secondary N) is 1. The lowest BCUT2D eigenvalue weighted by Gasteiger charge is -2.56. The van der Waals surface area contributed by atoms with Gasteiger partial charge in [-0.2, -0.15) is 0 Å². The summed E-state index contributed by atoms with van der Waals surface area (Å²) >= 11 is 7.91. The van der Waals surface area contributed by atoms with Crippen molar-refractivity contribution in [2.75, 3.05) is 19.2 Å². The van der Waals surface area contributed by atoms with Gasteiger partial charge in [0.15, 0.2) is 12.6 Å². The van der Waals surface area contributed by atoms with Gasteiger partial charge in [0.25, 0.3) is 5.91 Å². The average molecular weight is 499 g/mol. The van der Waals surface area contributed by atoms with E-state index in [0.717, 1.165) is 0 Å². The fourth-order valence-electron chi connectivity index (χ4n) is 3.36. The fraction of sp³-hybridized carbons (Fsp3) is 0.545. The maximum atomic E-state index is 12.8. The number of nitrogens with zero attached hydrogens (tertiary/aromatic N) is 1. The topological polar surface area (TPSA) is 111 Å². The third-order valence-electron chi connectivity index (χ3n) is 5.12. The summed E-state index contributed by atoms with van der Waals surface area (Å²) in [7, 11) is 0. The van der Waals surface area contributed by atoms with Crippen molar-refractivity contribution in [3.05, 3.63) is 30.3 Å². The first-order valence-electron chi connectivity index (χ1n) is 10.4. The van der Waals surface area contributed by atoms with Crippen LogP contribution in [0.3, 0.4) is 0 Å². The van der Waals surface area contributed by atoms with Crippen molar-refractivity contribution in [3.63, 3.8) is 0 Å². The molecule has 2 heterocycles. The SMILES string of the molecule is CC(C)(C)C(=O)OCOC(=O)[C@@H]1N2C(=O)[C@@H](NC(=O)COc3ccccc3)[C@H]2SC[C@@]1(C)Cl. The zero-order valence-electron chi connectivity index (χ0n) is 18.8. The van der Waals surface area contributed by atoms with Crippen LogP contribution in [-0.2, 0) is 28.7 Å². The maximum Gasteiger partial charge on any atom is 0.333 e. The molecule has 1 aromatic rings. The molecule has 0 unspecified atom stereocenters.